The van der Waals surface area contributed by atoms with Gasteiger partial charge < -0.3 is 11.1 Å². The van der Waals surface area contributed by atoms with E-state index in [-0.39, 0.29) is 10.9 Å². The molecule has 1 aromatic carbocycles. The van der Waals surface area contributed by atoms with Crippen LogP contribution in [0, 0.1) is 0 Å². The maximum Gasteiger partial charge on any atom is 0.243 e. The number of halogens is 2. The largest absolute Gasteiger partial charge is 0.399 e. The number of nitrogens with two attached hydrogens (primary N) is 1. The first kappa shape index (κ1) is 18.4. The first-order chi connectivity index (χ1) is 9.54. The second-order valence-corrected chi connectivity index (χ2v) is 8.18. The van der Waals surface area contributed by atoms with Crippen LogP contribution in [0.15, 0.2) is 26.0 Å². The predicted molar refractivity (Wildman–Crippen MR) is 89.3 cm³/mol. The van der Waals surface area contributed by atoms with Gasteiger partial charge in [0.1, 0.15) is 4.90 Å². The highest BCUT2D eigenvalue weighted by Gasteiger charge is 2.26. The molecule has 9 heteroatoms. The van der Waals surface area contributed by atoms with Crippen molar-refractivity contribution in [2.24, 2.45) is 0 Å². The van der Waals surface area contributed by atoms with Crippen LogP contribution in [0.4, 0.5) is 5.69 Å². The number of hydrogen-bond donors (Lipinski definition) is 3. The number of sulfonamides is 1. The molecule has 0 aromatic heterocycles. The molecule has 1 unspecified atom stereocenters. The van der Waals surface area contributed by atoms with Crippen LogP contribution in [0.3, 0.4) is 0 Å². The minimum absolute atomic E-state index is 0.000830. The highest BCUT2D eigenvalue weighted by atomic mass is 79.9. The molecule has 0 spiro atoms. The summed E-state index contributed by atoms with van der Waals surface area (Å²) >= 11 is 6.34. The Labute approximate surface area is 141 Å². The Morgan fingerprint density at radius 2 is 1.67 bits per heavy atom. The quantitative estimate of drug-likeness (QED) is 0.606. The topological polar surface area (TPSA) is 101 Å². The summed E-state index contributed by atoms with van der Waals surface area (Å²) in [6.07, 6.45) is 0. The third-order valence-electron chi connectivity index (χ3n) is 2.45. The Kier molecular flexibility index (Phi) is 6.21. The monoisotopic (exact) mass is 441 g/mol. The lowest BCUT2D eigenvalue weighted by Crippen LogP contribution is -2.46. The molecule has 118 valence electrons. The molecule has 0 bridgehead atoms. The van der Waals surface area contributed by atoms with Gasteiger partial charge in [0, 0.05) is 20.7 Å². The van der Waals surface area contributed by atoms with Crippen LogP contribution in [0.25, 0.3) is 0 Å². The first-order valence-electron chi connectivity index (χ1n) is 6.12. The zero-order valence-corrected chi connectivity index (χ0v) is 15.8. The van der Waals surface area contributed by atoms with Crippen LogP contribution in [0.5, 0.6) is 0 Å². The van der Waals surface area contributed by atoms with Gasteiger partial charge in [-0.25, -0.2) is 8.42 Å². The first-order valence-corrected chi connectivity index (χ1v) is 9.18. The predicted octanol–water partition coefficient (Wildman–Crippen LogP) is 1.99. The summed E-state index contributed by atoms with van der Waals surface area (Å²) in [5.74, 6) is -0.392. The molecule has 1 amide bonds. The van der Waals surface area contributed by atoms with E-state index in [4.69, 9.17) is 5.73 Å². The number of carbonyl (C=O) groups is 1. The molecule has 0 radical (unpaired) electrons. The van der Waals surface area contributed by atoms with Gasteiger partial charge in [-0.3, -0.25) is 4.79 Å². The fraction of sp³-hybridized carbons (Fsp3) is 0.417. The standard InChI is InChI=1S/C12H17Br2N3O3S/c1-6(2)16-12(18)7(3)17-21(19,20)11-9(13)4-8(15)5-10(11)14/h4-7,17H,15H2,1-3H3,(H,16,18). The van der Waals surface area contributed by atoms with Crippen LogP contribution in [-0.2, 0) is 14.8 Å². The van der Waals surface area contributed by atoms with E-state index in [1.807, 2.05) is 0 Å². The van der Waals surface area contributed by atoms with E-state index in [2.05, 4.69) is 41.9 Å². The van der Waals surface area contributed by atoms with Gasteiger partial charge in [0.05, 0.1) is 6.04 Å². The molecule has 0 heterocycles. The molecule has 6 nitrogen and oxygen atoms in total. The summed E-state index contributed by atoms with van der Waals surface area (Å²) < 4.78 is 27.8. The highest BCUT2D eigenvalue weighted by molar-refractivity contribution is 9.11. The summed E-state index contributed by atoms with van der Waals surface area (Å²) in [5.41, 5.74) is 6.05. The number of nitrogens with one attached hydrogen (secondary N) is 2. The zero-order valence-electron chi connectivity index (χ0n) is 11.8. The van der Waals surface area contributed by atoms with E-state index in [1.54, 1.807) is 13.8 Å². The number of amides is 1. The van der Waals surface area contributed by atoms with Crippen molar-refractivity contribution >= 4 is 53.5 Å². The van der Waals surface area contributed by atoms with E-state index in [0.29, 0.717) is 14.6 Å². The number of rotatable bonds is 5. The average molecular weight is 443 g/mol. The van der Waals surface area contributed by atoms with Gasteiger partial charge in [-0.15, -0.1) is 0 Å². The lowest BCUT2D eigenvalue weighted by Gasteiger charge is -2.17. The van der Waals surface area contributed by atoms with Crippen molar-refractivity contribution in [2.75, 3.05) is 5.73 Å². The highest BCUT2D eigenvalue weighted by Crippen LogP contribution is 2.32. The molecule has 1 atom stereocenters. The van der Waals surface area contributed by atoms with Gasteiger partial charge in [0.25, 0.3) is 0 Å². The normalized spacial score (nSPS) is 13.2. The maximum atomic E-state index is 12.4. The van der Waals surface area contributed by atoms with Crippen LogP contribution in [0.2, 0.25) is 0 Å². The van der Waals surface area contributed by atoms with Gasteiger partial charge in [0.2, 0.25) is 15.9 Å². The molecule has 0 aliphatic rings. The number of nitrogen functional groups attached to an aromatic ring is 1. The smallest absolute Gasteiger partial charge is 0.243 e. The molecule has 4 N–H and O–H groups in total. The summed E-state index contributed by atoms with van der Waals surface area (Å²) in [6.45, 7) is 5.08. The lowest BCUT2D eigenvalue weighted by atomic mass is 10.3. The van der Waals surface area contributed by atoms with Crippen molar-refractivity contribution in [1.82, 2.24) is 10.0 Å². The van der Waals surface area contributed by atoms with Crippen molar-refractivity contribution < 1.29 is 13.2 Å². The van der Waals surface area contributed by atoms with Crippen LogP contribution < -0.4 is 15.8 Å². The molecule has 0 saturated carbocycles. The summed E-state index contributed by atoms with van der Waals surface area (Å²) in [7, 11) is -3.88. The summed E-state index contributed by atoms with van der Waals surface area (Å²) in [6, 6.07) is 2.00. The molecular formula is C12H17Br2N3O3S. The van der Waals surface area contributed by atoms with Crippen molar-refractivity contribution in [3.63, 3.8) is 0 Å². The van der Waals surface area contributed by atoms with E-state index >= 15 is 0 Å². The Hall–Kier alpha value is -0.640. The zero-order chi connectivity index (χ0) is 16.4. The number of hydrogen-bond acceptors (Lipinski definition) is 4. The molecule has 0 fully saturated rings. The fourth-order valence-corrected chi connectivity index (χ4v) is 5.41. The number of benzene rings is 1. The minimum Gasteiger partial charge on any atom is -0.399 e. The van der Waals surface area contributed by atoms with E-state index in [1.165, 1.54) is 19.1 Å². The third kappa shape index (κ3) is 4.94. The van der Waals surface area contributed by atoms with E-state index in [0.717, 1.165) is 0 Å². The van der Waals surface area contributed by atoms with Crippen LogP contribution >= 0.6 is 31.9 Å². The minimum atomic E-state index is -3.88. The second-order valence-electron chi connectivity index (χ2n) is 4.82. The second kappa shape index (κ2) is 7.08. The van der Waals surface area contributed by atoms with Gasteiger partial charge in [0.15, 0.2) is 0 Å². The third-order valence-corrected chi connectivity index (χ3v) is 5.86. The Balaban J connectivity index is 3.05. The summed E-state index contributed by atoms with van der Waals surface area (Å²) in [4.78, 5) is 11.8. The Morgan fingerprint density at radius 3 is 2.10 bits per heavy atom. The van der Waals surface area contributed by atoms with E-state index in [9.17, 15) is 13.2 Å². The molecular weight excluding hydrogens is 426 g/mol. The fourth-order valence-electron chi connectivity index (χ4n) is 1.59. The molecule has 0 aliphatic heterocycles. The molecule has 21 heavy (non-hydrogen) atoms. The maximum absolute atomic E-state index is 12.4. The molecule has 0 aliphatic carbocycles. The van der Waals surface area contributed by atoms with Crippen molar-refractivity contribution in [3.8, 4) is 0 Å². The summed E-state index contributed by atoms with van der Waals surface area (Å²) in [5, 5.41) is 2.65. The number of carbonyl (C=O) groups excluding carboxylic acids is 1. The Bertz CT molecular complexity index is 624. The lowest BCUT2D eigenvalue weighted by molar-refractivity contribution is -0.122. The van der Waals surface area contributed by atoms with Crippen LogP contribution in [-0.4, -0.2) is 26.4 Å². The van der Waals surface area contributed by atoms with Crippen molar-refractivity contribution in [3.05, 3.63) is 21.1 Å². The van der Waals surface area contributed by atoms with Crippen molar-refractivity contribution in [1.29, 1.82) is 0 Å². The van der Waals surface area contributed by atoms with Gasteiger partial charge >= 0.3 is 0 Å². The number of anilines is 1. The molecule has 1 rings (SSSR count). The van der Waals surface area contributed by atoms with Crippen LogP contribution in [0.1, 0.15) is 20.8 Å². The van der Waals surface area contributed by atoms with Crippen molar-refractivity contribution in [2.45, 2.75) is 37.8 Å². The van der Waals surface area contributed by atoms with Gasteiger partial charge in [-0.2, -0.15) is 4.72 Å². The Morgan fingerprint density at radius 1 is 1.19 bits per heavy atom. The van der Waals surface area contributed by atoms with Gasteiger partial charge in [-0.05, 0) is 64.8 Å². The van der Waals surface area contributed by atoms with E-state index < -0.39 is 22.0 Å². The average Bonchev–Trinajstić information content (AvgIpc) is 2.24. The van der Waals surface area contributed by atoms with Gasteiger partial charge in [-0.1, -0.05) is 0 Å². The molecule has 1 aromatic rings. The molecule has 0 saturated heterocycles. The SMILES string of the molecule is CC(C)NC(=O)C(C)NS(=O)(=O)c1c(Br)cc(N)cc1Br.